The number of aromatic nitrogens is 3. The number of benzene rings is 1. The van der Waals surface area contributed by atoms with Gasteiger partial charge in [0.2, 0.25) is 0 Å². The van der Waals surface area contributed by atoms with Crippen LogP contribution in [-0.4, -0.2) is 51.3 Å². The Morgan fingerprint density at radius 3 is 2.52 bits per heavy atom. The van der Waals surface area contributed by atoms with E-state index in [1.165, 1.54) is 0 Å². The molecule has 176 valence electrons. The van der Waals surface area contributed by atoms with Crippen molar-refractivity contribution in [3.63, 3.8) is 0 Å². The fourth-order valence-electron chi connectivity index (χ4n) is 5.09. The molecule has 0 amide bonds. The van der Waals surface area contributed by atoms with Crippen molar-refractivity contribution < 1.29 is 13.2 Å². The van der Waals surface area contributed by atoms with Crippen LogP contribution in [0.4, 0.5) is 19.0 Å². The molecule has 2 fully saturated rings. The number of imidazole rings is 1. The Morgan fingerprint density at radius 1 is 1.12 bits per heavy atom. The normalized spacial score (nSPS) is 20.2. The lowest BCUT2D eigenvalue weighted by Gasteiger charge is -2.37. The van der Waals surface area contributed by atoms with Crippen molar-refractivity contribution in [2.75, 3.05) is 25.0 Å². The fraction of sp³-hybridized carbons (Fsp3) is 0.520. The summed E-state index contributed by atoms with van der Waals surface area (Å²) in [5.74, 6) is 1.24. The van der Waals surface area contributed by atoms with Crippen LogP contribution in [0.5, 0.6) is 0 Å². The molecule has 1 N–H and O–H groups in total. The van der Waals surface area contributed by atoms with Gasteiger partial charge in [0.05, 0.1) is 23.6 Å². The number of anilines is 1. The fourth-order valence-corrected chi connectivity index (χ4v) is 5.09. The maximum absolute atomic E-state index is 13.3. The smallest absolute Gasteiger partial charge is 0.367 e. The molecule has 1 aliphatic heterocycles. The summed E-state index contributed by atoms with van der Waals surface area (Å²) >= 11 is 0. The van der Waals surface area contributed by atoms with Gasteiger partial charge in [0, 0.05) is 36.8 Å². The van der Waals surface area contributed by atoms with Gasteiger partial charge < -0.3 is 14.8 Å². The first-order valence-corrected chi connectivity index (χ1v) is 11.7. The standard InChI is InChI=1S/C25H30F3N5/c1-17(18-5-9-33(10-6-18)15-24(7-8-24)25(26,27)28)31-23-12-21-11-19(3-4-20(21)13-30-23)22-14-29-16-32(22)2/h3-4,11-14,16-18H,5-10,15H2,1-2H3,(H,30,31). The summed E-state index contributed by atoms with van der Waals surface area (Å²) < 4.78 is 41.9. The molecule has 1 aromatic carbocycles. The van der Waals surface area contributed by atoms with Crippen LogP contribution in [0.25, 0.3) is 22.0 Å². The van der Waals surface area contributed by atoms with E-state index in [1.807, 2.05) is 28.9 Å². The first-order valence-electron chi connectivity index (χ1n) is 11.7. The van der Waals surface area contributed by atoms with Crippen molar-refractivity contribution in [1.29, 1.82) is 0 Å². The van der Waals surface area contributed by atoms with E-state index in [0.29, 0.717) is 5.92 Å². The molecule has 5 rings (SSSR count). The molecule has 2 aromatic heterocycles. The molecule has 3 aromatic rings. The summed E-state index contributed by atoms with van der Waals surface area (Å²) in [4.78, 5) is 10.8. The number of piperidine rings is 1. The van der Waals surface area contributed by atoms with Crippen LogP contribution in [-0.2, 0) is 7.05 Å². The summed E-state index contributed by atoms with van der Waals surface area (Å²) in [6.45, 7) is 3.77. The summed E-state index contributed by atoms with van der Waals surface area (Å²) in [5, 5.41) is 5.72. The van der Waals surface area contributed by atoms with E-state index in [4.69, 9.17) is 0 Å². The Hall–Kier alpha value is -2.61. The summed E-state index contributed by atoms with van der Waals surface area (Å²) in [7, 11) is 1.98. The SMILES string of the molecule is CC(Nc1cc2cc(-c3cncn3C)ccc2cn1)C1CCN(CC2(C(F)(F)F)CC2)CC1. The van der Waals surface area contributed by atoms with E-state index in [-0.39, 0.29) is 25.4 Å². The van der Waals surface area contributed by atoms with Crippen LogP contribution in [0.15, 0.2) is 43.0 Å². The zero-order chi connectivity index (χ0) is 23.2. The number of alkyl halides is 3. The monoisotopic (exact) mass is 457 g/mol. The second-order valence-electron chi connectivity index (χ2n) is 9.85. The third-order valence-corrected chi connectivity index (χ3v) is 7.53. The average molecular weight is 458 g/mol. The zero-order valence-electron chi connectivity index (χ0n) is 19.1. The molecule has 1 atom stereocenters. The number of fused-ring (bicyclic) bond motifs is 1. The maximum atomic E-state index is 13.3. The largest absolute Gasteiger partial charge is 0.395 e. The maximum Gasteiger partial charge on any atom is 0.395 e. The molecule has 1 saturated carbocycles. The van der Waals surface area contributed by atoms with Crippen molar-refractivity contribution in [1.82, 2.24) is 19.4 Å². The van der Waals surface area contributed by atoms with E-state index < -0.39 is 11.6 Å². The molecule has 0 radical (unpaired) electrons. The number of likely N-dealkylation sites (tertiary alicyclic amines) is 1. The number of halogens is 3. The highest BCUT2D eigenvalue weighted by Crippen LogP contribution is 2.58. The van der Waals surface area contributed by atoms with Crippen molar-refractivity contribution in [2.24, 2.45) is 18.4 Å². The van der Waals surface area contributed by atoms with E-state index in [2.05, 4.69) is 46.5 Å². The molecule has 5 nitrogen and oxygen atoms in total. The van der Waals surface area contributed by atoms with Crippen molar-refractivity contribution in [2.45, 2.75) is 44.8 Å². The van der Waals surface area contributed by atoms with E-state index in [0.717, 1.165) is 53.8 Å². The number of aryl methyl sites for hydroxylation is 1. The van der Waals surface area contributed by atoms with Crippen molar-refractivity contribution in [3.8, 4) is 11.3 Å². The molecule has 0 bridgehead atoms. The highest BCUT2D eigenvalue weighted by Gasteiger charge is 2.63. The lowest BCUT2D eigenvalue weighted by Crippen LogP contribution is -2.44. The van der Waals surface area contributed by atoms with Crippen LogP contribution in [0.3, 0.4) is 0 Å². The van der Waals surface area contributed by atoms with Gasteiger partial charge in [0.25, 0.3) is 0 Å². The van der Waals surface area contributed by atoms with Gasteiger partial charge in [-0.05, 0) is 69.1 Å². The van der Waals surface area contributed by atoms with Crippen LogP contribution in [0, 0.1) is 11.3 Å². The molecule has 33 heavy (non-hydrogen) atoms. The third-order valence-electron chi connectivity index (χ3n) is 7.53. The highest BCUT2D eigenvalue weighted by atomic mass is 19.4. The molecule has 1 aliphatic carbocycles. The first kappa shape index (κ1) is 22.2. The zero-order valence-corrected chi connectivity index (χ0v) is 19.1. The lowest BCUT2D eigenvalue weighted by molar-refractivity contribution is -0.192. The number of nitrogens with zero attached hydrogens (tertiary/aromatic N) is 4. The van der Waals surface area contributed by atoms with Crippen LogP contribution in [0.2, 0.25) is 0 Å². The molecular formula is C25H30F3N5. The van der Waals surface area contributed by atoms with Gasteiger partial charge in [0.1, 0.15) is 5.82 Å². The Bertz CT molecular complexity index is 1130. The van der Waals surface area contributed by atoms with Crippen LogP contribution in [0.1, 0.15) is 32.6 Å². The number of pyridine rings is 1. The van der Waals surface area contributed by atoms with Crippen molar-refractivity contribution >= 4 is 16.6 Å². The van der Waals surface area contributed by atoms with Gasteiger partial charge in [-0.15, -0.1) is 0 Å². The predicted octanol–water partition coefficient (Wildman–Crippen LogP) is 5.49. The Kier molecular flexibility index (Phi) is 5.59. The van der Waals surface area contributed by atoms with E-state index in [1.54, 1.807) is 6.33 Å². The molecule has 1 saturated heterocycles. The summed E-state index contributed by atoms with van der Waals surface area (Å²) in [6, 6.07) is 8.57. The Labute approximate surface area is 192 Å². The highest BCUT2D eigenvalue weighted by molar-refractivity contribution is 5.88. The quantitative estimate of drug-likeness (QED) is 0.532. The number of nitrogens with one attached hydrogen (secondary N) is 1. The second kappa shape index (κ2) is 8.31. The lowest BCUT2D eigenvalue weighted by atomic mass is 9.89. The minimum atomic E-state index is -4.07. The molecule has 8 heteroatoms. The van der Waals surface area contributed by atoms with Crippen molar-refractivity contribution in [3.05, 3.63) is 43.0 Å². The minimum absolute atomic E-state index is 0.163. The average Bonchev–Trinajstić information content (AvgIpc) is 3.46. The summed E-state index contributed by atoms with van der Waals surface area (Å²) in [5.41, 5.74) is 0.724. The second-order valence-corrected chi connectivity index (χ2v) is 9.85. The van der Waals surface area contributed by atoms with Crippen LogP contribution >= 0.6 is 0 Å². The number of hydrogen-bond acceptors (Lipinski definition) is 4. The van der Waals surface area contributed by atoms with Gasteiger partial charge in [-0.2, -0.15) is 13.2 Å². The first-order chi connectivity index (χ1) is 15.7. The molecule has 1 unspecified atom stereocenters. The van der Waals surface area contributed by atoms with Crippen LogP contribution < -0.4 is 5.32 Å². The third kappa shape index (κ3) is 4.45. The van der Waals surface area contributed by atoms with E-state index >= 15 is 0 Å². The topological polar surface area (TPSA) is 46.0 Å². The van der Waals surface area contributed by atoms with Gasteiger partial charge in [0.15, 0.2) is 0 Å². The Morgan fingerprint density at radius 2 is 1.88 bits per heavy atom. The molecular weight excluding hydrogens is 427 g/mol. The van der Waals surface area contributed by atoms with Gasteiger partial charge in [-0.3, -0.25) is 0 Å². The minimum Gasteiger partial charge on any atom is -0.367 e. The molecule has 2 aliphatic rings. The van der Waals surface area contributed by atoms with E-state index in [9.17, 15) is 13.2 Å². The number of rotatable bonds is 6. The predicted molar refractivity (Wildman–Crippen MR) is 124 cm³/mol. The number of hydrogen-bond donors (Lipinski definition) is 1. The molecule has 0 spiro atoms. The summed E-state index contributed by atoms with van der Waals surface area (Å²) in [6.07, 6.45) is 3.83. The molecule has 3 heterocycles. The van der Waals surface area contributed by atoms with Gasteiger partial charge in [-0.25, -0.2) is 9.97 Å². The Balaban J connectivity index is 1.21. The van der Waals surface area contributed by atoms with Gasteiger partial charge in [-0.1, -0.05) is 12.1 Å². The van der Waals surface area contributed by atoms with Gasteiger partial charge >= 0.3 is 6.18 Å².